The van der Waals surface area contributed by atoms with Crippen molar-refractivity contribution in [2.24, 2.45) is 0 Å². The van der Waals surface area contributed by atoms with E-state index in [1.165, 1.54) is 0 Å². The maximum Gasteiger partial charge on any atom is 0.333 e. The molecule has 1 rings (SSSR count). The molecule has 0 aliphatic heterocycles. The Balaban J connectivity index is 2.59. The van der Waals surface area contributed by atoms with E-state index >= 15 is 0 Å². The summed E-state index contributed by atoms with van der Waals surface area (Å²) in [6.07, 6.45) is 0.0527. The van der Waals surface area contributed by atoms with E-state index in [-0.39, 0.29) is 12.9 Å². The van der Waals surface area contributed by atoms with Crippen molar-refractivity contribution in [2.45, 2.75) is 19.4 Å². The Morgan fingerprint density at radius 1 is 1.23 bits per heavy atom. The lowest BCUT2D eigenvalue weighted by molar-refractivity contribution is -0.139. The number of esters is 1. The third-order valence-corrected chi connectivity index (χ3v) is 2.95. The first-order valence-corrected chi connectivity index (χ1v) is 7.27. The highest BCUT2D eigenvalue weighted by Crippen LogP contribution is 2.25. The summed E-state index contributed by atoms with van der Waals surface area (Å²) in [6, 6.07) is 9.65. The van der Waals surface area contributed by atoms with Gasteiger partial charge in [-0.05, 0) is 12.5 Å². The zero-order valence-corrected chi connectivity index (χ0v) is 13.2. The second-order valence-corrected chi connectivity index (χ2v) is 4.61. The van der Waals surface area contributed by atoms with Crippen LogP contribution in [0.5, 0.6) is 0 Å². The molecule has 0 aromatic heterocycles. The van der Waals surface area contributed by atoms with Crippen molar-refractivity contribution in [1.82, 2.24) is 0 Å². The molecule has 0 spiro atoms. The SMILES string of the molecule is C=C(C[C@H](OCOCCOC)c1ccccc1)C(=O)OCC. The summed E-state index contributed by atoms with van der Waals surface area (Å²) >= 11 is 0. The lowest BCUT2D eigenvalue weighted by atomic mass is 10.0. The fraction of sp³-hybridized carbons (Fsp3) is 0.471. The molecule has 0 heterocycles. The molecule has 0 saturated carbocycles. The minimum Gasteiger partial charge on any atom is -0.463 e. The van der Waals surface area contributed by atoms with Gasteiger partial charge in [0, 0.05) is 19.1 Å². The van der Waals surface area contributed by atoms with Crippen molar-refractivity contribution < 1.29 is 23.7 Å². The molecule has 1 atom stereocenters. The summed E-state index contributed by atoms with van der Waals surface area (Å²) in [6.45, 7) is 6.96. The Morgan fingerprint density at radius 3 is 2.59 bits per heavy atom. The van der Waals surface area contributed by atoms with E-state index < -0.39 is 5.97 Å². The summed E-state index contributed by atoms with van der Waals surface area (Å²) in [5.41, 5.74) is 1.34. The zero-order chi connectivity index (χ0) is 16.2. The third-order valence-electron chi connectivity index (χ3n) is 2.95. The van der Waals surface area contributed by atoms with Crippen LogP contribution in [0.1, 0.15) is 25.0 Å². The molecule has 0 saturated heterocycles. The van der Waals surface area contributed by atoms with Crippen molar-refractivity contribution in [2.75, 3.05) is 33.7 Å². The minimum atomic E-state index is -0.396. The number of rotatable bonds is 11. The Kier molecular flexibility index (Phi) is 9.14. The largest absolute Gasteiger partial charge is 0.463 e. The van der Waals surface area contributed by atoms with Gasteiger partial charge in [-0.3, -0.25) is 0 Å². The molecular formula is C17H24O5. The van der Waals surface area contributed by atoms with Gasteiger partial charge >= 0.3 is 5.97 Å². The molecule has 122 valence electrons. The Labute approximate surface area is 131 Å². The summed E-state index contributed by atoms with van der Waals surface area (Å²) in [5.74, 6) is -0.396. The van der Waals surface area contributed by atoms with Crippen molar-refractivity contribution in [3.63, 3.8) is 0 Å². The Bertz CT molecular complexity index is 444. The molecule has 0 aliphatic rings. The summed E-state index contributed by atoms with van der Waals surface area (Å²) in [4.78, 5) is 11.7. The topological polar surface area (TPSA) is 54.0 Å². The van der Waals surface area contributed by atoms with Crippen molar-refractivity contribution in [1.29, 1.82) is 0 Å². The van der Waals surface area contributed by atoms with Gasteiger partial charge in [0.05, 0.1) is 25.9 Å². The van der Waals surface area contributed by atoms with Crippen LogP contribution in [0, 0.1) is 0 Å². The second kappa shape index (κ2) is 11.0. The molecule has 0 bridgehead atoms. The highest BCUT2D eigenvalue weighted by molar-refractivity contribution is 5.87. The Morgan fingerprint density at radius 2 is 1.95 bits per heavy atom. The Hall–Kier alpha value is -1.69. The predicted octanol–water partition coefficient (Wildman–Crippen LogP) is 2.87. The van der Waals surface area contributed by atoms with Crippen LogP contribution in [-0.2, 0) is 23.7 Å². The number of carbonyl (C=O) groups excluding carboxylic acids is 1. The highest BCUT2D eigenvalue weighted by atomic mass is 16.7. The maximum atomic E-state index is 11.7. The molecule has 0 fully saturated rings. The number of benzene rings is 1. The van der Waals surface area contributed by atoms with Crippen LogP contribution in [0.3, 0.4) is 0 Å². The van der Waals surface area contributed by atoms with Gasteiger partial charge in [0.1, 0.15) is 6.79 Å². The van der Waals surface area contributed by atoms with Gasteiger partial charge in [-0.2, -0.15) is 0 Å². The van der Waals surface area contributed by atoms with Crippen LogP contribution in [-0.4, -0.2) is 39.7 Å². The number of hydrogen-bond acceptors (Lipinski definition) is 5. The highest BCUT2D eigenvalue weighted by Gasteiger charge is 2.18. The van der Waals surface area contributed by atoms with Crippen molar-refractivity contribution in [3.05, 3.63) is 48.0 Å². The quantitative estimate of drug-likeness (QED) is 0.272. The zero-order valence-electron chi connectivity index (χ0n) is 13.2. The maximum absolute atomic E-state index is 11.7. The van der Waals surface area contributed by atoms with Crippen LogP contribution in [0.15, 0.2) is 42.5 Å². The fourth-order valence-corrected chi connectivity index (χ4v) is 1.81. The van der Waals surface area contributed by atoms with Gasteiger partial charge < -0.3 is 18.9 Å². The van der Waals surface area contributed by atoms with Crippen molar-refractivity contribution >= 4 is 5.97 Å². The standard InChI is InChI=1S/C17H24O5/c1-4-21-17(18)14(2)12-16(15-8-6-5-7-9-15)22-13-20-11-10-19-3/h5-9,16H,2,4,10-13H2,1,3H3/t16-/m0/s1. The first kappa shape index (κ1) is 18.4. The molecule has 1 aromatic carbocycles. The fourth-order valence-electron chi connectivity index (χ4n) is 1.81. The third kappa shape index (κ3) is 6.85. The molecule has 0 N–H and O–H groups in total. The van der Waals surface area contributed by atoms with Gasteiger partial charge in [0.25, 0.3) is 0 Å². The van der Waals surface area contributed by atoms with Crippen LogP contribution in [0.4, 0.5) is 0 Å². The first-order chi connectivity index (χ1) is 10.7. The smallest absolute Gasteiger partial charge is 0.333 e. The summed E-state index contributed by atoms with van der Waals surface area (Å²) < 4.78 is 20.9. The van der Waals surface area contributed by atoms with E-state index in [1.807, 2.05) is 30.3 Å². The van der Waals surface area contributed by atoms with E-state index in [2.05, 4.69) is 6.58 Å². The van der Waals surface area contributed by atoms with E-state index in [0.717, 1.165) is 5.56 Å². The number of carbonyl (C=O) groups is 1. The van der Waals surface area contributed by atoms with Crippen LogP contribution in [0.25, 0.3) is 0 Å². The van der Waals surface area contributed by atoms with Gasteiger partial charge in [-0.25, -0.2) is 4.79 Å². The molecular weight excluding hydrogens is 284 g/mol. The summed E-state index contributed by atoms with van der Waals surface area (Å²) in [5, 5.41) is 0. The van der Waals surface area contributed by atoms with Crippen LogP contribution >= 0.6 is 0 Å². The molecule has 0 aliphatic carbocycles. The van der Waals surface area contributed by atoms with Gasteiger partial charge in [0.2, 0.25) is 0 Å². The molecule has 5 heteroatoms. The average Bonchev–Trinajstić information content (AvgIpc) is 2.54. The monoisotopic (exact) mass is 308 g/mol. The number of hydrogen-bond donors (Lipinski definition) is 0. The van der Waals surface area contributed by atoms with Gasteiger partial charge in [-0.15, -0.1) is 0 Å². The molecule has 0 radical (unpaired) electrons. The van der Waals surface area contributed by atoms with Crippen LogP contribution < -0.4 is 0 Å². The normalized spacial score (nSPS) is 11.9. The number of ether oxygens (including phenoxy) is 4. The van der Waals surface area contributed by atoms with Crippen molar-refractivity contribution in [3.8, 4) is 0 Å². The van der Waals surface area contributed by atoms with E-state index in [4.69, 9.17) is 18.9 Å². The molecule has 5 nitrogen and oxygen atoms in total. The van der Waals surface area contributed by atoms with Gasteiger partial charge in [0.15, 0.2) is 0 Å². The number of methoxy groups -OCH3 is 1. The van der Waals surface area contributed by atoms with E-state index in [0.29, 0.717) is 31.8 Å². The van der Waals surface area contributed by atoms with Crippen LogP contribution in [0.2, 0.25) is 0 Å². The lowest BCUT2D eigenvalue weighted by Gasteiger charge is -2.19. The van der Waals surface area contributed by atoms with Gasteiger partial charge in [-0.1, -0.05) is 36.9 Å². The average molecular weight is 308 g/mol. The molecule has 1 aromatic rings. The predicted molar refractivity (Wildman–Crippen MR) is 83.4 cm³/mol. The van der Waals surface area contributed by atoms with E-state index in [9.17, 15) is 4.79 Å². The van der Waals surface area contributed by atoms with E-state index in [1.54, 1.807) is 14.0 Å². The first-order valence-electron chi connectivity index (χ1n) is 7.27. The molecule has 22 heavy (non-hydrogen) atoms. The lowest BCUT2D eigenvalue weighted by Crippen LogP contribution is -2.14. The summed E-state index contributed by atoms with van der Waals surface area (Å²) in [7, 11) is 1.61. The molecule has 0 unspecified atom stereocenters. The molecule has 0 amide bonds. The minimum absolute atomic E-state index is 0.124. The second-order valence-electron chi connectivity index (χ2n) is 4.61.